The van der Waals surface area contributed by atoms with Gasteiger partial charge in [-0.05, 0) is 50.3 Å². The molecule has 0 saturated carbocycles. The number of oxime groups is 1. The minimum absolute atomic E-state index is 0.144. The van der Waals surface area contributed by atoms with Gasteiger partial charge in [0.05, 0.1) is 17.3 Å². The van der Waals surface area contributed by atoms with Crippen LogP contribution in [0, 0.1) is 0 Å². The molecule has 1 aromatic rings. The molecule has 0 atom stereocenters. The van der Waals surface area contributed by atoms with Crippen LogP contribution in [0.15, 0.2) is 23.4 Å². The molecule has 1 aliphatic heterocycles. The molecule has 0 aromatic heterocycles. The Kier molecular flexibility index (Phi) is 12.4. The van der Waals surface area contributed by atoms with Crippen LogP contribution in [0.4, 0.5) is 0 Å². The number of benzene rings is 1. The minimum atomic E-state index is -0.614. The first kappa shape index (κ1) is 25.5. The Morgan fingerprint density at radius 3 is 2.29 bits per heavy atom. The van der Waals surface area contributed by atoms with Crippen LogP contribution >= 0.6 is 23.2 Å². The highest BCUT2D eigenvalue weighted by Gasteiger charge is 2.10. The van der Waals surface area contributed by atoms with Gasteiger partial charge >= 0.3 is 11.9 Å². The molecule has 31 heavy (non-hydrogen) atoms. The van der Waals surface area contributed by atoms with Crippen molar-refractivity contribution in [1.82, 2.24) is 0 Å². The molecule has 0 spiro atoms. The van der Waals surface area contributed by atoms with Crippen LogP contribution < -0.4 is 4.74 Å². The molecule has 1 fully saturated rings. The fourth-order valence-corrected chi connectivity index (χ4v) is 3.74. The lowest BCUT2D eigenvalue weighted by Gasteiger charge is -2.09. The van der Waals surface area contributed by atoms with E-state index in [4.69, 9.17) is 37.5 Å². The molecule has 0 bridgehead atoms. The Bertz CT molecular complexity index is 739. The third-order valence-corrected chi connectivity index (χ3v) is 5.52. The van der Waals surface area contributed by atoms with Crippen molar-refractivity contribution in [2.24, 2.45) is 5.16 Å². The average Bonchev–Trinajstić information content (AvgIpc) is 2.74. The number of hydrogen-bond donors (Lipinski definition) is 0. The van der Waals surface area contributed by atoms with Gasteiger partial charge in [-0.15, -0.1) is 0 Å². The van der Waals surface area contributed by atoms with Gasteiger partial charge in [0.15, 0.2) is 6.61 Å². The van der Waals surface area contributed by atoms with E-state index in [2.05, 4.69) is 5.16 Å². The van der Waals surface area contributed by atoms with Gasteiger partial charge in [-0.2, -0.15) is 0 Å². The highest BCUT2D eigenvalue weighted by atomic mass is 35.5. The smallest absolute Gasteiger partial charge is 0.372 e. The third kappa shape index (κ3) is 11.4. The topological polar surface area (TPSA) is 74.2 Å². The first-order valence-corrected chi connectivity index (χ1v) is 11.8. The van der Waals surface area contributed by atoms with Crippen molar-refractivity contribution in [3.05, 3.63) is 28.2 Å². The summed E-state index contributed by atoms with van der Waals surface area (Å²) in [5, 5.41) is 4.85. The van der Waals surface area contributed by atoms with Crippen LogP contribution in [-0.2, 0) is 19.2 Å². The molecule has 2 rings (SSSR count). The molecule has 1 aromatic carbocycles. The molecular weight excluding hydrogens is 441 g/mol. The first-order chi connectivity index (χ1) is 15.0. The summed E-state index contributed by atoms with van der Waals surface area (Å²) in [6.07, 6.45) is 11.4. The van der Waals surface area contributed by atoms with Gasteiger partial charge in [0.1, 0.15) is 5.75 Å². The van der Waals surface area contributed by atoms with E-state index in [0.29, 0.717) is 41.7 Å². The van der Waals surface area contributed by atoms with E-state index in [0.717, 1.165) is 37.8 Å². The lowest BCUT2D eigenvalue weighted by molar-refractivity contribution is -0.146. The van der Waals surface area contributed by atoms with Gasteiger partial charge in [0, 0.05) is 11.4 Å². The van der Waals surface area contributed by atoms with Crippen molar-refractivity contribution in [3.8, 4) is 5.75 Å². The summed E-state index contributed by atoms with van der Waals surface area (Å²) in [4.78, 5) is 28.8. The molecule has 0 unspecified atom stereocenters. The molecule has 1 saturated heterocycles. The minimum Gasteiger partial charge on any atom is -0.480 e. The molecule has 1 heterocycles. The number of cyclic esters (lactones) is 1. The van der Waals surface area contributed by atoms with E-state index in [9.17, 15) is 9.59 Å². The van der Waals surface area contributed by atoms with Crippen molar-refractivity contribution in [2.45, 2.75) is 77.0 Å². The largest absolute Gasteiger partial charge is 0.480 e. The van der Waals surface area contributed by atoms with Gasteiger partial charge in [0.2, 0.25) is 0 Å². The summed E-state index contributed by atoms with van der Waals surface area (Å²) in [6, 6.07) is 4.75. The summed E-state index contributed by atoms with van der Waals surface area (Å²) in [6.45, 7) is 0.0414. The molecule has 172 valence electrons. The van der Waals surface area contributed by atoms with Crippen LogP contribution in [0.3, 0.4) is 0 Å². The average molecular weight is 472 g/mol. The van der Waals surface area contributed by atoms with Gasteiger partial charge < -0.3 is 14.3 Å². The van der Waals surface area contributed by atoms with Gasteiger partial charge in [-0.3, -0.25) is 4.79 Å². The zero-order chi connectivity index (χ0) is 22.3. The molecule has 0 radical (unpaired) electrons. The lowest BCUT2D eigenvalue weighted by atomic mass is 10.0. The van der Waals surface area contributed by atoms with E-state index in [1.54, 1.807) is 12.1 Å². The number of hydrogen-bond acceptors (Lipinski definition) is 6. The van der Waals surface area contributed by atoms with E-state index >= 15 is 0 Å². The molecule has 8 heteroatoms. The number of esters is 1. The Labute approximate surface area is 194 Å². The quantitative estimate of drug-likeness (QED) is 0.284. The maximum atomic E-state index is 12.0. The maximum absolute atomic E-state index is 12.0. The van der Waals surface area contributed by atoms with Crippen LogP contribution in [0.25, 0.3) is 0 Å². The fraction of sp³-hybridized carbons (Fsp3) is 0.609. The predicted molar refractivity (Wildman–Crippen MR) is 122 cm³/mol. The van der Waals surface area contributed by atoms with Crippen LogP contribution in [0.5, 0.6) is 5.75 Å². The van der Waals surface area contributed by atoms with Crippen molar-refractivity contribution >= 4 is 40.9 Å². The van der Waals surface area contributed by atoms with Gasteiger partial charge in [-0.25, -0.2) is 4.79 Å². The second-order valence-electron chi connectivity index (χ2n) is 7.64. The second-order valence-corrected chi connectivity index (χ2v) is 8.48. The number of carbonyl (C=O) groups excluding carboxylic acids is 2. The Morgan fingerprint density at radius 2 is 1.58 bits per heavy atom. The van der Waals surface area contributed by atoms with Crippen molar-refractivity contribution in [1.29, 1.82) is 0 Å². The molecule has 0 amide bonds. The van der Waals surface area contributed by atoms with Crippen LogP contribution in [-0.4, -0.2) is 30.9 Å². The number of ether oxygens (including phenoxy) is 2. The van der Waals surface area contributed by atoms with Crippen molar-refractivity contribution in [2.75, 3.05) is 13.2 Å². The summed E-state index contributed by atoms with van der Waals surface area (Å²) in [5.41, 5.74) is 0.793. The van der Waals surface area contributed by atoms with E-state index in [1.807, 2.05) is 0 Å². The summed E-state index contributed by atoms with van der Waals surface area (Å²) in [7, 11) is 0. The van der Waals surface area contributed by atoms with Gasteiger partial charge in [0.25, 0.3) is 0 Å². The molecule has 0 N–H and O–H groups in total. The predicted octanol–water partition coefficient (Wildman–Crippen LogP) is 6.51. The van der Waals surface area contributed by atoms with Crippen molar-refractivity contribution in [3.63, 3.8) is 0 Å². The SMILES string of the molecule is O=C1CCCCCCCCCC/C(=N/OC(=O)COc2ccc(Cl)cc2Cl)CCCO1. The number of halogens is 2. The van der Waals surface area contributed by atoms with Crippen LogP contribution in [0.2, 0.25) is 10.0 Å². The zero-order valence-electron chi connectivity index (χ0n) is 17.9. The molecule has 0 aliphatic carbocycles. The van der Waals surface area contributed by atoms with E-state index in [1.165, 1.54) is 31.7 Å². The normalized spacial score (nSPS) is 18.9. The van der Waals surface area contributed by atoms with E-state index in [-0.39, 0.29) is 12.6 Å². The van der Waals surface area contributed by atoms with E-state index < -0.39 is 5.97 Å². The first-order valence-electron chi connectivity index (χ1n) is 11.0. The highest BCUT2D eigenvalue weighted by molar-refractivity contribution is 6.35. The monoisotopic (exact) mass is 471 g/mol. The number of rotatable bonds is 4. The molecule has 6 nitrogen and oxygen atoms in total. The summed E-state index contributed by atoms with van der Waals surface area (Å²) in [5.74, 6) is -0.408. The standard InChI is InChI=1S/C23H31Cl2NO5/c24-18-13-14-21(20(25)16-18)30-17-23(28)31-26-19-10-7-5-3-1-2-4-6-8-12-22(27)29-15-9-11-19/h13-14,16H,1-12,15,17H2/b26-19-. The number of nitrogens with zero attached hydrogens (tertiary/aromatic N) is 1. The lowest BCUT2D eigenvalue weighted by Crippen LogP contribution is -2.14. The highest BCUT2D eigenvalue weighted by Crippen LogP contribution is 2.27. The molecular formula is C23H31Cl2NO5. The maximum Gasteiger partial charge on any atom is 0.372 e. The number of carbonyl (C=O) groups is 2. The molecule has 1 aliphatic rings. The summed E-state index contributed by atoms with van der Waals surface area (Å²) >= 11 is 11.9. The van der Waals surface area contributed by atoms with Crippen molar-refractivity contribution < 1.29 is 23.9 Å². The Balaban J connectivity index is 1.82. The van der Waals surface area contributed by atoms with Gasteiger partial charge in [-0.1, -0.05) is 66.9 Å². The summed E-state index contributed by atoms with van der Waals surface area (Å²) < 4.78 is 10.7. The second kappa shape index (κ2) is 15.1. The third-order valence-electron chi connectivity index (χ3n) is 4.99. The van der Waals surface area contributed by atoms with Crippen LogP contribution in [0.1, 0.15) is 77.0 Å². The Hall–Kier alpha value is -1.79. The zero-order valence-corrected chi connectivity index (χ0v) is 19.4. The Morgan fingerprint density at radius 1 is 0.935 bits per heavy atom. The fourth-order valence-electron chi connectivity index (χ4n) is 3.28.